The van der Waals surface area contributed by atoms with Crippen LogP contribution in [0.2, 0.25) is 5.15 Å². The number of Topliss-reactive ketones (excluding diaryl/α,β-unsaturated/α-hetero) is 1. The fourth-order valence-corrected chi connectivity index (χ4v) is 7.40. The van der Waals surface area contributed by atoms with Crippen LogP contribution in [0.5, 0.6) is 0 Å². The van der Waals surface area contributed by atoms with Gasteiger partial charge in [-0.05, 0) is 64.3 Å². The fraction of sp³-hybridized carbons (Fsp3) is 0.370. The van der Waals surface area contributed by atoms with E-state index in [-0.39, 0.29) is 34.7 Å². The van der Waals surface area contributed by atoms with Crippen LogP contribution in [0.15, 0.2) is 52.0 Å². The number of sulfonamides is 1. The first kappa shape index (κ1) is 27.2. The van der Waals surface area contributed by atoms with Gasteiger partial charge in [0.15, 0.2) is 0 Å². The number of methoxy groups -OCH3 is 1. The molecule has 1 aromatic heterocycles. The van der Waals surface area contributed by atoms with Gasteiger partial charge in [0.05, 0.1) is 10.2 Å². The van der Waals surface area contributed by atoms with Gasteiger partial charge >= 0.3 is 0 Å². The second-order valence-corrected chi connectivity index (χ2v) is 12.7. The van der Waals surface area contributed by atoms with Crippen molar-refractivity contribution < 1.29 is 22.7 Å². The van der Waals surface area contributed by atoms with Crippen LogP contribution < -0.4 is 4.90 Å². The molecule has 2 aromatic carbocycles. The molecule has 0 spiro atoms. The maximum Gasteiger partial charge on any atom is 0.258 e. The van der Waals surface area contributed by atoms with E-state index in [1.807, 2.05) is 30.3 Å². The number of carbonyl (C=O) groups excluding carboxylic acids is 2. The molecule has 1 atom stereocenters. The van der Waals surface area contributed by atoms with Gasteiger partial charge in [-0.3, -0.25) is 9.59 Å². The predicted molar refractivity (Wildman–Crippen MR) is 149 cm³/mol. The van der Waals surface area contributed by atoms with Crippen molar-refractivity contribution in [3.05, 3.63) is 63.3 Å². The number of ketones is 1. The lowest BCUT2D eigenvalue weighted by atomic mass is 9.89. The molecule has 200 valence electrons. The summed E-state index contributed by atoms with van der Waals surface area (Å²) in [4.78, 5) is 32.3. The minimum atomic E-state index is -3.82. The highest BCUT2D eigenvalue weighted by molar-refractivity contribution is 9.10. The molecule has 1 saturated heterocycles. The molecular weight excluding hydrogens is 594 g/mol. The van der Waals surface area contributed by atoms with Crippen molar-refractivity contribution in [1.82, 2.24) is 9.29 Å². The van der Waals surface area contributed by atoms with Gasteiger partial charge in [0, 0.05) is 62.8 Å². The van der Waals surface area contributed by atoms with E-state index in [1.54, 1.807) is 12.0 Å². The highest BCUT2D eigenvalue weighted by Gasteiger charge is 2.35. The second-order valence-electron chi connectivity index (χ2n) is 9.56. The third-order valence-electron chi connectivity index (χ3n) is 7.22. The van der Waals surface area contributed by atoms with Gasteiger partial charge in [-0.25, -0.2) is 13.4 Å². The van der Waals surface area contributed by atoms with Gasteiger partial charge in [0.2, 0.25) is 10.0 Å². The summed E-state index contributed by atoms with van der Waals surface area (Å²) in [5.74, 6) is -0.471. The standard InChI is InChI=1S/C27H27BrClN3O5S/c1-37-12-4-11-32-23-9-8-17(20-6-2-7-21(25(20)23)27(32)34)13-24(33)18-5-3-10-31(16-18)38(35,36)19-14-22(28)26(29)30-15-19/h2,6-9,14-15,18H,3-5,10-13,16H2,1H3. The van der Waals surface area contributed by atoms with E-state index >= 15 is 0 Å². The number of hydrogen-bond acceptors (Lipinski definition) is 6. The van der Waals surface area contributed by atoms with Crippen LogP contribution in [0.4, 0.5) is 5.69 Å². The number of halogens is 2. The van der Waals surface area contributed by atoms with E-state index in [9.17, 15) is 18.0 Å². The number of ether oxygens (including phenoxy) is 1. The van der Waals surface area contributed by atoms with Gasteiger partial charge in [-0.2, -0.15) is 4.31 Å². The van der Waals surface area contributed by atoms with E-state index in [2.05, 4.69) is 20.9 Å². The number of carbonyl (C=O) groups is 2. The zero-order chi connectivity index (χ0) is 27.0. The maximum absolute atomic E-state index is 13.5. The van der Waals surface area contributed by atoms with E-state index in [0.29, 0.717) is 42.6 Å². The molecule has 8 nitrogen and oxygen atoms in total. The van der Waals surface area contributed by atoms with Crippen molar-refractivity contribution in [1.29, 1.82) is 0 Å². The summed E-state index contributed by atoms with van der Waals surface area (Å²) in [7, 11) is -2.18. The normalized spacial score (nSPS) is 17.9. The molecule has 2 aliphatic rings. The summed E-state index contributed by atoms with van der Waals surface area (Å²) >= 11 is 9.16. The molecule has 3 heterocycles. The summed E-state index contributed by atoms with van der Waals surface area (Å²) in [6.07, 6.45) is 3.35. The smallest absolute Gasteiger partial charge is 0.258 e. The number of pyridine rings is 1. The summed E-state index contributed by atoms with van der Waals surface area (Å²) < 4.78 is 33.4. The van der Waals surface area contributed by atoms with Gasteiger partial charge in [-0.1, -0.05) is 29.8 Å². The summed E-state index contributed by atoms with van der Waals surface area (Å²) in [5, 5.41) is 1.93. The van der Waals surface area contributed by atoms with E-state index < -0.39 is 15.9 Å². The largest absolute Gasteiger partial charge is 0.385 e. The van der Waals surface area contributed by atoms with Crippen molar-refractivity contribution in [2.75, 3.05) is 38.3 Å². The van der Waals surface area contributed by atoms with Gasteiger partial charge in [0.25, 0.3) is 5.91 Å². The Morgan fingerprint density at radius 1 is 1.26 bits per heavy atom. The molecule has 0 N–H and O–H groups in total. The highest BCUT2D eigenvalue weighted by atomic mass is 79.9. The number of nitrogens with zero attached hydrogens (tertiary/aromatic N) is 3. The summed E-state index contributed by atoms with van der Waals surface area (Å²) in [6.45, 7) is 1.58. The average molecular weight is 621 g/mol. The summed E-state index contributed by atoms with van der Waals surface area (Å²) in [5.41, 5.74) is 2.33. The fourth-order valence-electron chi connectivity index (χ4n) is 5.30. The van der Waals surface area contributed by atoms with Crippen LogP contribution in [0, 0.1) is 5.92 Å². The van der Waals surface area contributed by atoms with Crippen LogP contribution in [-0.2, 0) is 26.0 Å². The maximum atomic E-state index is 13.5. The molecule has 0 bridgehead atoms. The van der Waals surface area contributed by atoms with Crippen LogP contribution >= 0.6 is 27.5 Å². The Balaban J connectivity index is 1.36. The Morgan fingerprint density at radius 2 is 2.08 bits per heavy atom. The first-order chi connectivity index (χ1) is 18.2. The zero-order valence-electron chi connectivity index (χ0n) is 20.8. The minimum absolute atomic E-state index is 0.0118. The van der Waals surface area contributed by atoms with E-state index in [0.717, 1.165) is 28.4 Å². The van der Waals surface area contributed by atoms with Crippen LogP contribution in [0.25, 0.3) is 10.8 Å². The average Bonchev–Trinajstić information content (AvgIpc) is 3.19. The van der Waals surface area contributed by atoms with Gasteiger partial charge < -0.3 is 9.64 Å². The van der Waals surface area contributed by atoms with Crippen molar-refractivity contribution in [2.45, 2.75) is 30.6 Å². The number of amides is 1. The van der Waals surface area contributed by atoms with Crippen LogP contribution in [0.3, 0.4) is 0 Å². The number of piperidine rings is 1. The van der Waals surface area contributed by atoms with Gasteiger partial charge in [-0.15, -0.1) is 0 Å². The lowest BCUT2D eigenvalue weighted by molar-refractivity contribution is -0.123. The molecule has 3 aromatic rings. The topological polar surface area (TPSA) is 96.9 Å². The number of benzene rings is 2. The zero-order valence-corrected chi connectivity index (χ0v) is 24.0. The molecule has 0 saturated carbocycles. The molecule has 0 radical (unpaired) electrons. The van der Waals surface area contributed by atoms with Gasteiger partial charge in [0.1, 0.15) is 15.8 Å². The molecule has 2 aliphatic heterocycles. The van der Waals surface area contributed by atoms with Crippen molar-refractivity contribution in [3.63, 3.8) is 0 Å². The Kier molecular flexibility index (Phi) is 7.89. The third-order valence-corrected chi connectivity index (χ3v) is 10.2. The molecule has 11 heteroatoms. The predicted octanol–water partition coefficient (Wildman–Crippen LogP) is 4.86. The molecule has 1 amide bonds. The highest BCUT2D eigenvalue weighted by Crippen LogP contribution is 2.39. The quantitative estimate of drug-likeness (QED) is 0.250. The number of aromatic nitrogens is 1. The number of hydrogen-bond donors (Lipinski definition) is 0. The summed E-state index contributed by atoms with van der Waals surface area (Å²) in [6, 6.07) is 10.9. The Morgan fingerprint density at radius 3 is 2.84 bits per heavy atom. The van der Waals surface area contributed by atoms with E-state index in [1.165, 1.54) is 16.6 Å². The lowest BCUT2D eigenvalue weighted by Crippen LogP contribution is -2.42. The molecule has 5 rings (SSSR count). The van der Waals surface area contributed by atoms with Crippen molar-refractivity contribution >= 4 is 65.7 Å². The molecular formula is C27H27BrClN3O5S. The first-order valence-corrected chi connectivity index (χ1v) is 15.0. The molecule has 0 aliphatic carbocycles. The lowest BCUT2D eigenvalue weighted by Gasteiger charge is -2.31. The van der Waals surface area contributed by atoms with Crippen molar-refractivity contribution in [3.8, 4) is 0 Å². The third kappa shape index (κ3) is 5.00. The number of rotatable bonds is 9. The minimum Gasteiger partial charge on any atom is -0.385 e. The number of anilines is 1. The SMILES string of the molecule is COCCCN1C(=O)c2cccc3c(CC(=O)C4CCCN(S(=O)(=O)c5cnc(Cl)c(Br)c5)C4)ccc1c23. The Labute approximate surface area is 235 Å². The monoisotopic (exact) mass is 619 g/mol. The Hall–Kier alpha value is -2.37. The van der Waals surface area contributed by atoms with E-state index in [4.69, 9.17) is 16.3 Å². The van der Waals surface area contributed by atoms with Crippen molar-refractivity contribution in [2.24, 2.45) is 5.92 Å². The first-order valence-electron chi connectivity index (χ1n) is 12.4. The molecule has 1 unspecified atom stereocenters. The molecule has 1 fully saturated rings. The second kappa shape index (κ2) is 11.0. The molecule has 38 heavy (non-hydrogen) atoms. The van der Waals surface area contributed by atoms with Crippen LogP contribution in [0.1, 0.15) is 35.2 Å². The Bertz CT molecular complexity index is 1530. The van der Waals surface area contributed by atoms with Crippen LogP contribution in [-0.4, -0.2) is 62.7 Å².